The standard InChI is InChI=1S/C23H26N4O4S/c1-16-6-4-5-7-19(16)27-22(26-10-12-31-13-11-26)24-25-23(27)32-15-20(28)18-14-17(29-2)8-9-21(18)30-3/h4-9,14H,10-13,15H2,1-3H3. The van der Waals surface area contributed by atoms with Crippen molar-refractivity contribution in [3.8, 4) is 17.2 Å². The summed E-state index contributed by atoms with van der Waals surface area (Å²) in [7, 11) is 3.12. The van der Waals surface area contributed by atoms with E-state index in [4.69, 9.17) is 14.2 Å². The van der Waals surface area contributed by atoms with Gasteiger partial charge in [0.15, 0.2) is 10.9 Å². The summed E-state index contributed by atoms with van der Waals surface area (Å²) in [6.45, 7) is 4.84. The Bertz CT molecular complexity index is 1100. The number of anilines is 1. The second-order valence-electron chi connectivity index (χ2n) is 7.28. The molecule has 8 nitrogen and oxygen atoms in total. The van der Waals surface area contributed by atoms with Crippen molar-refractivity contribution in [1.29, 1.82) is 0 Å². The number of carbonyl (C=O) groups excluding carboxylic acids is 1. The van der Waals surface area contributed by atoms with Gasteiger partial charge in [0.2, 0.25) is 5.95 Å². The Hall–Kier alpha value is -3.04. The quantitative estimate of drug-likeness (QED) is 0.379. The van der Waals surface area contributed by atoms with Crippen LogP contribution in [0.4, 0.5) is 5.95 Å². The molecule has 0 atom stereocenters. The van der Waals surface area contributed by atoms with Gasteiger partial charge in [0.25, 0.3) is 0 Å². The molecule has 1 fully saturated rings. The van der Waals surface area contributed by atoms with Gasteiger partial charge in [-0.15, -0.1) is 10.2 Å². The van der Waals surface area contributed by atoms with Crippen LogP contribution >= 0.6 is 11.8 Å². The van der Waals surface area contributed by atoms with Crippen LogP contribution in [0.5, 0.6) is 11.5 Å². The van der Waals surface area contributed by atoms with Gasteiger partial charge >= 0.3 is 0 Å². The lowest BCUT2D eigenvalue weighted by atomic mass is 10.1. The van der Waals surface area contributed by atoms with Crippen molar-refractivity contribution in [2.45, 2.75) is 12.1 Å². The van der Waals surface area contributed by atoms with Gasteiger partial charge in [-0.25, -0.2) is 0 Å². The van der Waals surface area contributed by atoms with E-state index in [0.29, 0.717) is 35.4 Å². The number of methoxy groups -OCH3 is 2. The third kappa shape index (κ3) is 4.58. The first-order valence-corrected chi connectivity index (χ1v) is 11.3. The maximum atomic E-state index is 13.0. The molecule has 0 N–H and O–H groups in total. The van der Waals surface area contributed by atoms with E-state index in [9.17, 15) is 4.79 Å². The maximum absolute atomic E-state index is 13.0. The molecule has 0 aliphatic carbocycles. The Kier molecular flexibility index (Phi) is 6.96. The lowest BCUT2D eigenvalue weighted by Crippen LogP contribution is -2.38. The first kappa shape index (κ1) is 22.2. The van der Waals surface area contributed by atoms with Crippen molar-refractivity contribution in [3.63, 3.8) is 0 Å². The van der Waals surface area contributed by atoms with Gasteiger partial charge in [0.05, 0.1) is 44.4 Å². The van der Waals surface area contributed by atoms with Crippen molar-refractivity contribution in [3.05, 3.63) is 53.6 Å². The fraction of sp³-hybridized carbons (Fsp3) is 0.348. The van der Waals surface area contributed by atoms with Crippen LogP contribution in [0.2, 0.25) is 0 Å². The van der Waals surface area contributed by atoms with Gasteiger partial charge in [0.1, 0.15) is 11.5 Å². The minimum absolute atomic E-state index is 0.0713. The first-order valence-electron chi connectivity index (χ1n) is 10.3. The number of carbonyl (C=O) groups is 1. The average Bonchev–Trinajstić information content (AvgIpc) is 3.26. The Morgan fingerprint density at radius 1 is 1.09 bits per heavy atom. The molecule has 2 heterocycles. The lowest BCUT2D eigenvalue weighted by Gasteiger charge is -2.28. The predicted octanol–water partition coefficient (Wildman–Crippen LogP) is 3.40. The minimum Gasteiger partial charge on any atom is -0.497 e. The van der Waals surface area contributed by atoms with Gasteiger partial charge in [-0.05, 0) is 36.8 Å². The number of Topliss-reactive ketones (excluding diaryl/α,β-unsaturated/α-hetero) is 1. The highest BCUT2D eigenvalue weighted by Gasteiger charge is 2.24. The highest BCUT2D eigenvalue weighted by molar-refractivity contribution is 7.99. The molecule has 1 saturated heterocycles. The fourth-order valence-corrected chi connectivity index (χ4v) is 4.41. The van der Waals surface area contributed by atoms with Crippen LogP contribution in [0.3, 0.4) is 0 Å². The monoisotopic (exact) mass is 454 g/mol. The molecular weight excluding hydrogens is 428 g/mol. The minimum atomic E-state index is -0.0713. The van der Waals surface area contributed by atoms with Crippen LogP contribution in [0.1, 0.15) is 15.9 Å². The van der Waals surface area contributed by atoms with Crippen molar-refractivity contribution in [2.75, 3.05) is 51.2 Å². The molecule has 0 unspecified atom stereocenters. The van der Waals surface area contributed by atoms with E-state index in [0.717, 1.165) is 30.3 Å². The number of ether oxygens (including phenoxy) is 3. The third-order valence-electron chi connectivity index (χ3n) is 5.31. The number of nitrogens with zero attached hydrogens (tertiary/aromatic N) is 4. The second kappa shape index (κ2) is 10.1. The highest BCUT2D eigenvalue weighted by atomic mass is 32.2. The predicted molar refractivity (Wildman–Crippen MR) is 124 cm³/mol. The molecule has 4 rings (SSSR count). The van der Waals surface area contributed by atoms with Gasteiger partial charge in [-0.3, -0.25) is 9.36 Å². The molecule has 0 bridgehead atoms. The molecule has 1 aromatic heterocycles. The Morgan fingerprint density at radius 2 is 1.88 bits per heavy atom. The van der Waals surface area contributed by atoms with Crippen molar-refractivity contribution >= 4 is 23.5 Å². The zero-order valence-electron chi connectivity index (χ0n) is 18.4. The summed E-state index contributed by atoms with van der Waals surface area (Å²) in [6.07, 6.45) is 0. The Morgan fingerprint density at radius 3 is 2.59 bits per heavy atom. The topological polar surface area (TPSA) is 78.7 Å². The van der Waals surface area contributed by atoms with Crippen LogP contribution < -0.4 is 14.4 Å². The summed E-state index contributed by atoms with van der Waals surface area (Å²) in [4.78, 5) is 15.2. The molecule has 32 heavy (non-hydrogen) atoms. The van der Waals surface area contributed by atoms with Crippen LogP contribution in [-0.4, -0.2) is 66.8 Å². The summed E-state index contributed by atoms with van der Waals surface area (Å²) >= 11 is 1.36. The van der Waals surface area contributed by atoms with Gasteiger partial charge in [-0.1, -0.05) is 30.0 Å². The number of morpholine rings is 1. The number of benzene rings is 2. The zero-order chi connectivity index (χ0) is 22.5. The first-order chi connectivity index (χ1) is 15.6. The van der Waals surface area contributed by atoms with Gasteiger partial charge in [0, 0.05) is 13.1 Å². The molecule has 0 radical (unpaired) electrons. The smallest absolute Gasteiger partial charge is 0.232 e. The summed E-state index contributed by atoms with van der Waals surface area (Å²) < 4.78 is 18.2. The van der Waals surface area contributed by atoms with E-state index in [1.165, 1.54) is 11.8 Å². The molecule has 2 aromatic carbocycles. The number of hydrogen-bond acceptors (Lipinski definition) is 8. The van der Waals surface area contributed by atoms with Crippen molar-refractivity contribution in [2.24, 2.45) is 0 Å². The fourth-order valence-electron chi connectivity index (χ4n) is 3.59. The van der Waals surface area contributed by atoms with Gasteiger partial charge in [-0.2, -0.15) is 0 Å². The van der Waals surface area contributed by atoms with E-state index < -0.39 is 0 Å². The molecule has 1 aliphatic heterocycles. The number of thioether (sulfide) groups is 1. The van der Waals surface area contributed by atoms with E-state index in [-0.39, 0.29) is 11.5 Å². The van der Waals surface area contributed by atoms with E-state index in [2.05, 4.69) is 28.1 Å². The molecule has 1 aliphatic rings. The lowest BCUT2D eigenvalue weighted by molar-refractivity contribution is 0.101. The normalized spacial score (nSPS) is 13.8. The zero-order valence-corrected chi connectivity index (χ0v) is 19.2. The third-order valence-corrected chi connectivity index (χ3v) is 6.23. The molecule has 0 amide bonds. The largest absolute Gasteiger partial charge is 0.497 e. The number of para-hydroxylation sites is 1. The van der Waals surface area contributed by atoms with E-state index in [1.54, 1.807) is 32.4 Å². The number of ketones is 1. The summed E-state index contributed by atoms with van der Waals surface area (Å²) in [5, 5.41) is 9.57. The SMILES string of the molecule is COc1ccc(OC)c(C(=O)CSc2nnc(N3CCOCC3)n2-c2ccccc2C)c1. The van der Waals surface area contributed by atoms with E-state index >= 15 is 0 Å². The molecular formula is C23H26N4O4S. The molecule has 0 saturated carbocycles. The van der Waals surface area contributed by atoms with Crippen LogP contribution in [0.25, 0.3) is 5.69 Å². The summed E-state index contributed by atoms with van der Waals surface area (Å²) in [5.74, 6) is 2.01. The second-order valence-corrected chi connectivity index (χ2v) is 8.22. The number of aryl methyl sites for hydroxylation is 1. The van der Waals surface area contributed by atoms with Crippen LogP contribution in [-0.2, 0) is 4.74 Å². The average molecular weight is 455 g/mol. The van der Waals surface area contributed by atoms with Crippen molar-refractivity contribution in [1.82, 2.24) is 14.8 Å². The van der Waals surface area contributed by atoms with E-state index in [1.807, 2.05) is 22.8 Å². The number of hydrogen-bond donors (Lipinski definition) is 0. The number of aromatic nitrogens is 3. The van der Waals surface area contributed by atoms with Crippen molar-refractivity contribution < 1.29 is 19.0 Å². The Balaban J connectivity index is 1.64. The van der Waals surface area contributed by atoms with Crippen LogP contribution in [0.15, 0.2) is 47.6 Å². The summed E-state index contributed by atoms with van der Waals surface area (Å²) in [5.41, 5.74) is 2.58. The molecule has 9 heteroatoms. The molecule has 168 valence electrons. The number of rotatable bonds is 8. The van der Waals surface area contributed by atoms with Gasteiger partial charge < -0.3 is 19.1 Å². The molecule has 0 spiro atoms. The molecule has 3 aromatic rings. The summed E-state index contributed by atoms with van der Waals surface area (Å²) in [6, 6.07) is 13.3. The Labute approximate surface area is 191 Å². The van der Waals surface area contributed by atoms with Crippen LogP contribution in [0, 0.1) is 6.92 Å². The highest BCUT2D eigenvalue weighted by Crippen LogP contribution is 2.31. The maximum Gasteiger partial charge on any atom is 0.232 e.